The third kappa shape index (κ3) is 2.99. The van der Waals surface area contributed by atoms with E-state index in [1.165, 1.54) is 12.0 Å². The monoisotopic (exact) mass is 274 g/mol. The zero-order valence-electron chi connectivity index (χ0n) is 12.6. The molecule has 3 rings (SSSR count). The Balaban J connectivity index is 1.73. The summed E-state index contributed by atoms with van der Waals surface area (Å²) in [6.45, 7) is 8.89. The van der Waals surface area contributed by atoms with E-state index in [2.05, 4.69) is 48.3 Å². The van der Waals surface area contributed by atoms with E-state index >= 15 is 0 Å². The Labute approximate surface area is 122 Å². The van der Waals surface area contributed by atoms with Crippen molar-refractivity contribution in [3.05, 3.63) is 29.8 Å². The van der Waals surface area contributed by atoms with E-state index < -0.39 is 0 Å². The number of para-hydroxylation sites is 1. The Morgan fingerprint density at radius 3 is 3.05 bits per heavy atom. The van der Waals surface area contributed by atoms with E-state index in [0.29, 0.717) is 12.1 Å². The summed E-state index contributed by atoms with van der Waals surface area (Å²) in [7, 11) is 0. The molecule has 0 spiro atoms. The zero-order chi connectivity index (χ0) is 13.9. The van der Waals surface area contributed by atoms with Crippen LogP contribution in [-0.4, -0.2) is 37.2 Å². The smallest absolute Gasteiger partial charge is 0.124 e. The molecule has 2 atom stereocenters. The fraction of sp³-hybridized carbons (Fsp3) is 0.647. The van der Waals surface area contributed by atoms with Gasteiger partial charge in [0.05, 0.1) is 6.61 Å². The van der Waals surface area contributed by atoms with E-state index in [-0.39, 0.29) is 0 Å². The minimum atomic E-state index is 0.539. The second-order valence-corrected chi connectivity index (χ2v) is 6.47. The first-order valence-corrected chi connectivity index (χ1v) is 7.93. The van der Waals surface area contributed by atoms with Gasteiger partial charge in [0.2, 0.25) is 0 Å². The number of ether oxygens (including phenoxy) is 1. The molecule has 1 fully saturated rings. The zero-order valence-corrected chi connectivity index (χ0v) is 12.6. The summed E-state index contributed by atoms with van der Waals surface area (Å²) >= 11 is 0. The average Bonchev–Trinajstić information content (AvgIpc) is 2.46. The molecule has 20 heavy (non-hydrogen) atoms. The van der Waals surface area contributed by atoms with Gasteiger partial charge in [-0.2, -0.15) is 0 Å². The number of nitrogens with one attached hydrogen (secondary N) is 1. The Hall–Kier alpha value is -1.06. The van der Waals surface area contributed by atoms with E-state index in [9.17, 15) is 0 Å². The summed E-state index contributed by atoms with van der Waals surface area (Å²) in [6, 6.07) is 9.72. The minimum absolute atomic E-state index is 0.539. The summed E-state index contributed by atoms with van der Waals surface area (Å²) in [5.74, 6) is 1.84. The van der Waals surface area contributed by atoms with Gasteiger partial charge >= 0.3 is 0 Å². The van der Waals surface area contributed by atoms with Gasteiger partial charge in [0.15, 0.2) is 0 Å². The molecule has 110 valence electrons. The lowest BCUT2D eigenvalue weighted by Gasteiger charge is -2.41. The largest absolute Gasteiger partial charge is 0.493 e. The Bertz CT molecular complexity index is 446. The van der Waals surface area contributed by atoms with Gasteiger partial charge in [0.1, 0.15) is 5.75 Å². The van der Waals surface area contributed by atoms with Crippen molar-refractivity contribution in [3.63, 3.8) is 0 Å². The van der Waals surface area contributed by atoms with Crippen molar-refractivity contribution >= 4 is 0 Å². The lowest BCUT2D eigenvalue weighted by Crippen LogP contribution is -2.52. The first-order chi connectivity index (χ1) is 9.74. The highest BCUT2D eigenvalue weighted by Crippen LogP contribution is 2.36. The van der Waals surface area contributed by atoms with E-state index in [1.807, 2.05) is 0 Å². The maximum absolute atomic E-state index is 5.79. The summed E-state index contributed by atoms with van der Waals surface area (Å²) < 4.78 is 5.79. The number of benzene rings is 1. The highest BCUT2D eigenvalue weighted by atomic mass is 16.5. The Morgan fingerprint density at radius 1 is 1.35 bits per heavy atom. The summed E-state index contributed by atoms with van der Waals surface area (Å²) in [5.41, 5.74) is 1.38. The average molecular weight is 274 g/mol. The third-order valence-electron chi connectivity index (χ3n) is 4.41. The second kappa shape index (κ2) is 6.15. The van der Waals surface area contributed by atoms with Crippen molar-refractivity contribution in [2.24, 2.45) is 5.92 Å². The Kier molecular flexibility index (Phi) is 4.27. The maximum Gasteiger partial charge on any atom is 0.124 e. The van der Waals surface area contributed by atoms with Crippen LogP contribution in [0.3, 0.4) is 0 Å². The van der Waals surface area contributed by atoms with Crippen LogP contribution >= 0.6 is 0 Å². The van der Waals surface area contributed by atoms with Crippen LogP contribution in [0.2, 0.25) is 0 Å². The van der Waals surface area contributed by atoms with Crippen LogP contribution in [0.15, 0.2) is 24.3 Å². The maximum atomic E-state index is 5.79. The molecule has 0 saturated carbocycles. The van der Waals surface area contributed by atoms with Crippen molar-refractivity contribution in [1.29, 1.82) is 0 Å². The van der Waals surface area contributed by atoms with Gasteiger partial charge in [-0.15, -0.1) is 0 Å². The van der Waals surface area contributed by atoms with Gasteiger partial charge < -0.3 is 10.1 Å². The predicted octanol–water partition coefficient (Wildman–Crippen LogP) is 2.83. The molecule has 0 amide bonds. The number of rotatable bonds is 3. The fourth-order valence-corrected chi connectivity index (χ4v) is 3.56. The third-order valence-corrected chi connectivity index (χ3v) is 4.41. The number of piperazine rings is 1. The topological polar surface area (TPSA) is 24.5 Å². The molecule has 1 saturated heterocycles. The number of nitrogens with zero attached hydrogens (tertiary/aromatic N) is 1. The van der Waals surface area contributed by atoms with Crippen molar-refractivity contribution < 1.29 is 4.74 Å². The van der Waals surface area contributed by atoms with Crippen molar-refractivity contribution in [2.75, 3.05) is 26.2 Å². The van der Waals surface area contributed by atoms with Gasteiger partial charge in [-0.3, -0.25) is 4.90 Å². The SMILES string of the molecule is CC(C)CC1CN(C2CCOc3ccccc32)CCN1. The van der Waals surface area contributed by atoms with Crippen LogP contribution in [0.25, 0.3) is 0 Å². The normalized spacial score (nSPS) is 27.1. The molecule has 1 N–H and O–H groups in total. The lowest BCUT2D eigenvalue weighted by atomic mass is 9.95. The van der Waals surface area contributed by atoms with Crippen LogP contribution in [-0.2, 0) is 0 Å². The molecule has 1 aromatic rings. The van der Waals surface area contributed by atoms with Gasteiger partial charge in [-0.1, -0.05) is 32.0 Å². The molecule has 1 aromatic carbocycles. The second-order valence-electron chi connectivity index (χ2n) is 6.47. The van der Waals surface area contributed by atoms with E-state index in [0.717, 1.165) is 44.3 Å². The van der Waals surface area contributed by atoms with Crippen molar-refractivity contribution in [1.82, 2.24) is 10.2 Å². The van der Waals surface area contributed by atoms with Gasteiger partial charge in [-0.05, 0) is 18.4 Å². The highest BCUT2D eigenvalue weighted by Gasteiger charge is 2.30. The fourth-order valence-electron chi connectivity index (χ4n) is 3.56. The molecular formula is C17H26N2O. The molecule has 2 aliphatic heterocycles. The first-order valence-electron chi connectivity index (χ1n) is 7.93. The molecule has 0 radical (unpaired) electrons. The summed E-state index contributed by atoms with van der Waals surface area (Å²) in [5, 5.41) is 3.67. The van der Waals surface area contributed by atoms with Crippen LogP contribution < -0.4 is 10.1 Å². The molecule has 2 heterocycles. The van der Waals surface area contributed by atoms with Gasteiger partial charge in [0.25, 0.3) is 0 Å². The number of fused-ring (bicyclic) bond motifs is 1. The molecule has 0 bridgehead atoms. The van der Waals surface area contributed by atoms with Crippen LogP contribution in [0.4, 0.5) is 0 Å². The molecule has 2 unspecified atom stereocenters. The molecule has 0 aromatic heterocycles. The highest BCUT2D eigenvalue weighted by molar-refractivity contribution is 5.37. The first kappa shape index (κ1) is 13.9. The Morgan fingerprint density at radius 2 is 2.20 bits per heavy atom. The predicted molar refractivity (Wildman–Crippen MR) is 82.1 cm³/mol. The van der Waals surface area contributed by atoms with Gasteiger partial charge in [0, 0.05) is 43.7 Å². The minimum Gasteiger partial charge on any atom is -0.493 e. The molecular weight excluding hydrogens is 248 g/mol. The summed E-state index contributed by atoms with van der Waals surface area (Å²) in [4.78, 5) is 2.66. The molecule has 2 aliphatic rings. The number of hydrogen-bond acceptors (Lipinski definition) is 3. The molecule has 0 aliphatic carbocycles. The van der Waals surface area contributed by atoms with Crippen LogP contribution in [0.5, 0.6) is 5.75 Å². The lowest BCUT2D eigenvalue weighted by molar-refractivity contribution is 0.101. The van der Waals surface area contributed by atoms with Crippen molar-refractivity contribution in [2.45, 2.75) is 38.8 Å². The molecule has 3 heteroatoms. The quantitative estimate of drug-likeness (QED) is 0.917. The summed E-state index contributed by atoms with van der Waals surface area (Å²) in [6.07, 6.45) is 2.38. The van der Waals surface area contributed by atoms with Crippen molar-refractivity contribution in [3.8, 4) is 5.75 Å². The molecule has 3 nitrogen and oxygen atoms in total. The van der Waals surface area contributed by atoms with Crippen LogP contribution in [0, 0.1) is 5.92 Å². The van der Waals surface area contributed by atoms with E-state index in [4.69, 9.17) is 4.74 Å². The standard InChI is InChI=1S/C17H26N2O/c1-13(2)11-14-12-19(9-8-18-14)16-7-10-20-17-6-4-3-5-15(16)17/h3-6,13-14,16,18H,7-12H2,1-2H3. The van der Waals surface area contributed by atoms with Gasteiger partial charge in [-0.25, -0.2) is 0 Å². The van der Waals surface area contributed by atoms with E-state index in [1.54, 1.807) is 0 Å². The van der Waals surface area contributed by atoms with Crippen LogP contribution in [0.1, 0.15) is 38.3 Å². The number of hydrogen-bond donors (Lipinski definition) is 1.